The van der Waals surface area contributed by atoms with Gasteiger partial charge in [-0.05, 0) is 43.9 Å². The zero-order valence-corrected chi connectivity index (χ0v) is 12.6. The zero-order valence-electron chi connectivity index (χ0n) is 12.6. The number of halogens is 1. The molecule has 2 N–H and O–H groups in total. The number of carbonyl (C=O) groups excluding carboxylic acids is 1. The first kappa shape index (κ1) is 15.6. The predicted octanol–water partition coefficient (Wildman–Crippen LogP) is 2.81. The molecular weight excluding hydrogens is 297 g/mol. The fourth-order valence-electron chi connectivity index (χ4n) is 2.80. The molecule has 1 aliphatic rings. The van der Waals surface area contributed by atoms with E-state index in [1.807, 2.05) is 0 Å². The van der Waals surface area contributed by atoms with E-state index in [1.54, 1.807) is 18.5 Å². The van der Waals surface area contributed by atoms with Crippen molar-refractivity contribution in [1.82, 2.24) is 9.97 Å². The van der Waals surface area contributed by atoms with Gasteiger partial charge in [0.2, 0.25) is 0 Å². The van der Waals surface area contributed by atoms with Crippen molar-refractivity contribution in [1.29, 1.82) is 0 Å². The second-order valence-electron chi connectivity index (χ2n) is 5.79. The van der Waals surface area contributed by atoms with Gasteiger partial charge in [-0.25, -0.2) is 9.37 Å². The minimum atomic E-state index is -0.549. The first-order valence-corrected chi connectivity index (χ1v) is 7.67. The van der Waals surface area contributed by atoms with Crippen molar-refractivity contribution in [3.8, 4) is 11.3 Å². The van der Waals surface area contributed by atoms with Gasteiger partial charge in [0.15, 0.2) is 6.29 Å². The average molecular weight is 315 g/mol. The van der Waals surface area contributed by atoms with Crippen LogP contribution in [0.4, 0.5) is 10.2 Å². The number of aldehydes is 1. The highest BCUT2D eigenvalue weighted by Crippen LogP contribution is 2.23. The van der Waals surface area contributed by atoms with Crippen molar-refractivity contribution >= 4 is 12.1 Å². The fourth-order valence-corrected chi connectivity index (χ4v) is 2.80. The number of hydrogen-bond acceptors (Lipinski definition) is 5. The number of aliphatic hydroxyl groups is 1. The summed E-state index contributed by atoms with van der Waals surface area (Å²) in [6, 6.07) is 4.56. The first-order valence-electron chi connectivity index (χ1n) is 7.67. The van der Waals surface area contributed by atoms with E-state index in [0.717, 1.165) is 25.7 Å². The predicted molar refractivity (Wildman–Crippen MR) is 84.7 cm³/mol. The molecule has 2 aromatic rings. The van der Waals surface area contributed by atoms with Crippen LogP contribution in [0.25, 0.3) is 11.3 Å². The SMILES string of the molecule is O=Cc1cc(-c2cncc(N[C@H]3CC[C@H](O)CC3)n2)ccc1F. The molecule has 0 bridgehead atoms. The molecule has 23 heavy (non-hydrogen) atoms. The van der Waals surface area contributed by atoms with Gasteiger partial charge in [0.1, 0.15) is 11.6 Å². The molecule has 1 heterocycles. The van der Waals surface area contributed by atoms with E-state index in [-0.39, 0.29) is 17.7 Å². The maximum Gasteiger partial charge on any atom is 0.153 e. The number of aliphatic hydroxyl groups excluding tert-OH is 1. The van der Waals surface area contributed by atoms with Crippen molar-refractivity contribution < 1.29 is 14.3 Å². The number of hydrogen-bond donors (Lipinski definition) is 2. The van der Waals surface area contributed by atoms with Gasteiger partial charge in [0, 0.05) is 11.6 Å². The minimum Gasteiger partial charge on any atom is -0.393 e. The van der Waals surface area contributed by atoms with E-state index >= 15 is 0 Å². The molecule has 0 spiro atoms. The number of benzene rings is 1. The van der Waals surface area contributed by atoms with Gasteiger partial charge in [0.25, 0.3) is 0 Å². The van der Waals surface area contributed by atoms with Gasteiger partial charge in [0.05, 0.1) is 29.8 Å². The van der Waals surface area contributed by atoms with Gasteiger partial charge in [-0.15, -0.1) is 0 Å². The minimum absolute atomic E-state index is 0.00364. The van der Waals surface area contributed by atoms with Crippen LogP contribution in [-0.4, -0.2) is 33.5 Å². The standard InChI is InChI=1S/C17H18FN3O2/c18-15-6-1-11(7-12(15)10-22)16-8-19-9-17(21-16)20-13-2-4-14(23)5-3-13/h1,6-10,13-14,23H,2-5H2,(H,20,21)/t13-,14-. The van der Waals surface area contributed by atoms with Crippen molar-refractivity contribution in [2.75, 3.05) is 5.32 Å². The highest BCUT2D eigenvalue weighted by Gasteiger charge is 2.19. The van der Waals surface area contributed by atoms with E-state index in [4.69, 9.17) is 0 Å². The largest absolute Gasteiger partial charge is 0.393 e. The number of anilines is 1. The van der Waals surface area contributed by atoms with Crippen LogP contribution < -0.4 is 5.32 Å². The Hall–Kier alpha value is -2.34. The van der Waals surface area contributed by atoms with Crippen molar-refractivity contribution in [2.24, 2.45) is 0 Å². The van der Waals surface area contributed by atoms with Gasteiger partial charge in [-0.2, -0.15) is 0 Å². The third kappa shape index (κ3) is 3.71. The van der Waals surface area contributed by atoms with Crippen LogP contribution in [0.2, 0.25) is 0 Å². The summed E-state index contributed by atoms with van der Waals surface area (Å²) < 4.78 is 13.4. The molecule has 6 heteroatoms. The van der Waals surface area contributed by atoms with Crippen LogP contribution in [0, 0.1) is 5.82 Å². The Kier molecular flexibility index (Phi) is 4.62. The Labute approximate surface area is 133 Å². The van der Waals surface area contributed by atoms with Crippen molar-refractivity contribution in [2.45, 2.75) is 37.8 Å². The number of carbonyl (C=O) groups is 1. The molecule has 120 valence electrons. The number of aromatic nitrogens is 2. The Morgan fingerprint density at radius 1 is 1.22 bits per heavy atom. The van der Waals surface area contributed by atoms with E-state index in [1.165, 1.54) is 12.1 Å². The molecule has 0 aliphatic heterocycles. The average Bonchev–Trinajstić information content (AvgIpc) is 2.58. The molecule has 1 aliphatic carbocycles. The second kappa shape index (κ2) is 6.83. The summed E-state index contributed by atoms with van der Waals surface area (Å²) in [7, 11) is 0. The third-order valence-corrected chi connectivity index (χ3v) is 4.10. The maximum absolute atomic E-state index is 13.4. The molecule has 0 atom stereocenters. The lowest BCUT2D eigenvalue weighted by Crippen LogP contribution is -2.28. The van der Waals surface area contributed by atoms with E-state index in [0.29, 0.717) is 23.4 Å². The molecule has 5 nitrogen and oxygen atoms in total. The highest BCUT2D eigenvalue weighted by atomic mass is 19.1. The van der Waals surface area contributed by atoms with Gasteiger partial charge in [-0.1, -0.05) is 0 Å². The normalized spacial score (nSPS) is 21.0. The lowest BCUT2D eigenvalue weighted by Gasteiger charge is -2.26. The highest BCUT2D eigenvalue weighted by molar-refractivity contribution is 5.78. The zero-order chi connectivity index (χ0) is 16.2. The molecule has 0 amide bonds. The second-order valence-corrected chi connectivity index (χ2v) is 5.79. The topological polar surface area (TPSA) is 75.1 Å². The maximum atomic E-state index is 13.4. The molecule has 0 radical (unpaired) electrons. The fraction of sp³-hybridized carbons (Fsp3) is 0.353. The molecule has 1 saturated carbocycles. The monoisotopic (exact) mass is 315 g/mol. The van der Waals surface area contributed by atoms with E-state index in [2.05, 4.69) is 15.3 Å². The van der Waals surface area contributed by atoms with Crippen molar-refractivity contribution in [3.63, 3.8) is 0 Å². The Bertz CT molecular complexity index is 700. The Balaban J connectivity index is 1.78. The number of rotatable bonds is 4. The van der Waals surface area contributed by atoms with Gasteiger partial charge < -0.3 is 10.4 Å². The smallest absolute Gasteiger partial charge is 0.153 e. The summed E-state index contributed by atoms with van der Waals surface area (Å²) in [5, 5.41) is 12.9. The Morgan fingerprint density at radius 2 is 2.00 bits per heavy atom. The molecule has 0 saturated heterocycles. The lowest BCUT2D eigenvalue weighted by molar-refractivity contribution is 0.111. The molecule has 0 unspecified atom stereocenters. The number of nitrogens with one attached hydrogen (secondary N) is 1. The summed E-state index contributed by atoms with van der Waals surface area (Å²) in [5.41, 5.74) is 1.22. The summed E-state index contributed by atoms with van der Waals surface area (Å²) in [6.45, 7) is 0. The molecular formula is C17H18FN3O2. The molecule has 1 fully saturated rings. The summed E-state index contributed by atoms with van der Waals surface area (Å²) in [6.07, 6.45) is 6.85. The van der Waals surface area contributed by atoms with Crippen LogP contribution in [0.3, 0.4) is 0 Å². The van der Waals surface area contributed by atoms with Crippen LogP contribution >= 0.6 is 0 Å². The van der Waals surface area contributed by atoms with Crippen LogP contribution in [0.15, 0.2) is 30.6 Å². The van der Waals surface area contributed by atoms with Crippen LogP contribution in [0.1, 0.15) is 36.0 Å². The molecule has 1 aromatic heterocycles. The summed E-state index contributed by atoms with van der Waals surface area (Å²) in [5.74, 6) is 0.0904. The van der Waals surface area contributed by atoms with Gasteiger partial charge in [-0.3, -0.25) is 9.78 Å². The van der Waals surface area contributed by atoms with E-state index in [9.17, 15) is 14.3 Å². The van der Waals surface area contributed by atoms with Crippen LogP contribution in [-0.2, 0) is 0 Å². The first-order chi connectivity index (χ1) is 11.2. The van der Waals surface area contributed by atoms with Gasteiger partial charge >= 0.3 is 0 Å². The summed E-state index contributed by atoms with van der Waals surface area (Å²) in [4.78, 5) is 19.5. The Morgan fingerprint density at radius 3 is 2.74 bits per heavy atom. The third-order valence-electron chi connectivity index (χ3n) is 4.10. The molecule has 3 rings (SSSR count). The lowest BCUT2D eigenvalue weighted by atomic mass is 9.93. The number of nitrogens with zero attached hydrogens (tertiary/aromatic N) is 2. The molecule has 1 aromatic carbocycles. The quantitative estimate of drug-likeness (QED) is 0.849. The van der Waals surface area contributed by atoms with E-state index < -0.39 is 5.82 Å². The van der Waals surface area contributed by atoms with Crippen molar-refractivity contribution in [3.05, 3.63) is 42.0 Å². The van der Waals surface area contributed by atoms with Crippen LogP contribution in [0.5, 0.6) is 0 Å². The summed E-state index contributed by atoms with van der Waals surface area (Å²) >= 11 is 0.